The van der Waals surface area contributed by atoms with E-state index >= 15 is 0 Å². The molecule has 1 aromatic rings. The first kappa shape index (κ1) is 12.7. The number of hydrogen-bond donors (Lipinski definition) is 0. The van der Waals surface area contributed by atoms with Crippen LogP contribution in [0.3, 0.4) is 0 Å². The summed E-state index contributed by atoms with van der Waals surface area (Å²) in [6.07, 6.45) is 7.94. The molecule has 0 aromatic carbocycles. The number of fused-ring (bicyclic) bond motifs is 4. The van der Waals surface area contributed by atoms with Crippen LogP contribution in [0.1, 0.15) is 44.3 Å². The fraction of sp³-hybridized carbons (Fsp3) is 0.750. The Hall–Kier alpha value is -0.870. The van der Waals surface area contributed by atoms with E-state index in [9.17, 15) is 0 Å². The number of anilines is 1. The molecule has 112 valence electrons. The van der Waals surface area contributed by atoms with E-state index in [4.69, 9.17) is 21.3 Å². The minimum atomic E-state index is 0.222. The summed E-state index contributed by atoms with van der Waals surface area (Å²) in [6.45, 7) is 1.78. The molecule has 3 heterocycles. The number of ether oxygens (including phenoxy) is 1. The van der Waals surface area contributed by atoms with Gasteiger partial charge in [0.15, 0.2) is 0 Å². The molecule has 4 bridgehead atoms. The summed E-state index contributed by atoms with van der Waals surface area (Å²) in [7, 11) is 0. The molecule has 2 saturated carbocycles. The van der Waals surface area contributed by atoms with Crippen molar-refractivity contribution in [3.05, 3.63) is 17.0 Å². The number of hydrogen-bond acceptors (Lipinski definition) is 4. The van der Waals surface area contributed by atoms with E-state index in [1.54, 1.807) is 0 Å². The van der Waals surface area contributed by atoms with Crippen LogP contribution in [-0.4, -0.2) is 35.3 Å². The van der Waals surface area contributed by atoms with Gasteiger partial charge in [0.05, 0.1) is 18.8 Å². The Labute approximate surface area is 129 Å². The third kappa shape index (κ3) is 1.85. The summed E-state index contributed by atoms with van der Waals surface area (Å²) in [5.74, 6) is 2.92. The highest BCUT2D eigenvalue weighted by Crippen LogP contribution is 2.54. The van der Waals surface area contributed by atoms with Crippen molar-refractivity contribution in [2.24, 2.45) is 5.92 Å². The average Bonchev–Trinajstić information content (AvgIpc) is 3.26. The Morgan fingerprint density at radius 2 is 2.14 bits per heavy atom. The van der Waals surface area contributed by atoms with E-state index in [0.717, 1.165) is 37.1 Å². The van der Waals surface area contributed by atoms with Gasteiger partial charge in [-0.2, -0.15) is 0 Å². The highest BCUT2D eigenvalue weighted by molar-refractivity contribution is 6.29. The van der Waals surface area contributed by atoms with Crippen molar-refractivity contribution in [3.8, 4) is 0 Å². The molecule has 0 amide bonds. The highest BCUT2D eigenvalue weighted by atomic mass is 35.5. The molecule has 2 atom stereocenters. The van der Waals surface area contributed by atoms with Crippen molar-refractivity contribution in [1.82, 2.24) is 9.97 Å². The molecule has 0 spiro atoms. The van der Waals surface area contributed by atoms with Gasteiger partial charge in [-0.05, 0) is 44.4 Å². The van der Waals surface area contributed by atoms with E-state index in [0.29, 0.717) is 17.3 Å². The van der Waals surface area contributed by atoms with Crippen LogP contribution in [0, 0.1) is 5.92 Å². The molecule has 1 aromatic heterocycles. The molecular formula is C16H20ClN3O. The third-order valence-electron chi connectivity index (χ3n) is 6.09. The van der Waals surface area contributed by atoms with Crippen LogP contribution >= 0.6 is 11.6 Å². The lowest BCUT2D eigenvalue weighted by Gasteiger charge is -2.30. The maximum atomic E-state index is 6.33. The molecule has 2 aliphatic carbocycles. The van der Waals surface area contributed by atoms with Gasteiger partial charge in [-0.3, -0.25) is 0 Å². The second kappa shape index (κ2) is 4.32. The standard InChI is InChI=1S/C16H20ClN3O/c17-13-6-14(20-8-12-5-11(20)9-21-12)19-15(18-13)16-3-1-10(7-16)2-4-16/h6,10-12H,1-5,7-9H2. The predicted octanol–water partition coefficient (Wildman–Crippen LogP) is 2.94. The van der Waals surface area contributed by atoms with Crippen molar-refractivity contribution in [2.45, 2.75) is 56.1 Å². The van der Waals surface area contributed by atoms with Crippen molar-refractivity contribution in [1.29, 1.82) is 0 Å². The zero-order chi connectivity index (χ0) is 14.0. The second-order valence-electron chi connectivity index (χ2n) is 7.30. The topological polar surface area (TPSA) is 38.2 Å². The lowest BCUT2D eigenvalue weighted by atomic mass is 9.83. The molecule has 0 N–H and O–H groups in total. The number of halogens is 1. The minimum absolute atomic E-state index is 0.222. The van der Waals surface area contributed by atoms with Crippen molar-refractivity contribution < 1.29 is 4.74 Å². The molecule has 4 fully saturated rings. The monoisotopic (exact) mass is 305 g/mol. The van der Waals surface area contributed by atoms with Crippen molar-refractivity contribution in [3.63, 3.8) is 0 Å². The predicted molar refractivity (Wildman–Crippen MR) is 80.8 cm³/mol. The number of morpholine rings is 1. The van der Waals surface area contributed by atoms with Crippen LogP contribution in [-0.2, 0) is 10.2 Å². The van der Waals surface area contributed by atoms with E-state index < -0.39 is 0 Å². The van der Waals surface area contributed by atoms with Crippen molar-refractivity contribution in [2.75, 3.05) is 18.1 Å². The molecule has 2 unspecified atom stereocenters. The molecular weight excluding hydrogens is 286 g/mol. The first-order chi connectivity index (χ1) is 10.2. The van der Waals surface area contributed by atoms with Crippen LogP contribution in [0.5, 0.6) is 0 Å². The van der Waals surface area contributed by atoms with Crippen LogP contribution in [0.15, 0.2) is 6.07 Å². The minimum Gasteiger partial charge on any atom is -0.374 e. The van der Waals surface area contributed by atoms with E-state index in [2.05, 4.69) is 9.88 Å². The summed E-state index contributed by atoms with van der Waals surface area (Å²) in [5.41, 5.74) is 0.222. The summed E-state index contributed by atoms with van der Waals surface area (Å²) < 4.78 is 5.69. The summed E-state index contributed by atoms with van der Waals surface area (Å²) >= 11 is 6.33. The normalized spacial score (nSPS) is 40.4. The van der Waals surface area contributed by atoms with Crippen molar-refractivity contribution >= 4 is 17.4 Å². The summed E-state index contributed by atoms with van der Waals surface area (Å²) in [6, 6.07) is 2.41. The molecule has 4 nitrogen and oxygen atoms in total. The number of rotatable bonds is 2. The van der Waals surface area contributed by atoms with Gasteiger partial charge in [-0.25, -0.2) is 9.97 Å². The van der Waals surface area contributed by atoms with Crippen LogP contribution in [0.25, 0.3) is 0 Å². The number of aromatic nitrogens is 2. The zero-order valence-corrected chi connectivity index (χ0v) is 12.9. The Morgan fingerprint density at radius 1 is 1.29 bits per heavy atom. The molecule has 0 radical (unpaired) electrons. The highest BCUT2D eigenvalue weighted by Gasteiger charge is 2.48. The second-order valence-corrected chi connectivity index (χ2v) is 7.68. The largest absolute Gasteiger partial charge is 0.374 e. The summed E-state index contributed by atoms with van der Waals surface area (Å²) in [4.78, 5) is 12.0. The SMILES string of the molecule is Clc1cc(N2CC3CC2CO3)nc(C23CCC(CC2)C3)n1. The Bertz CT molecular complexity index is 585. The van der Waals surface area contributed by atoms with Gasteiger partial charge in [0, 0.05) is 18.0 Å². The lowest BCUT2D eigenvalue weighted by Crippen LogP contribution is -2.38. The van der Waals surface area contributed by atoms with Crippen LogP contribution < -0.4 is 4.90 Å². The smallest absolute Gasteiger partial charge is 0.138 e. The van der Waals surface area contributed by atoms with Gasteiger partial charge in [0.25, 0.3) is 0 Å². The van der Waals surface area contributed by atoms with E-state index in [1.165, 1.54) is 32.1 Å². The Morgan fingerprint density at radius 3 is 2.76 bits per heavy atom. The van der Waals surface area contributed by atoms with Crippen LogP contribution in [0.2, 0.25) is 5.15 Å². The van der Waals surface area contributed by atoms with Gasteiger partial charge in [-0.15, -0.1) is 0 Å². The fourth-order valence-corrected chi connectivity index (χ4v) is 5.15. The Balaban J connectivity index is 1.53. The third-order valence-corrected chi connectivity index (χ3v) is 6.29. The molecule has 2 aliphatic heterocycles. The number of nitrogens with zero attached hydrogens (tertiary/aromatic N) is 3. The maximum Gasteiger partial charge on any atom is 0.138 e. The molecule has 5 heteroatoms. The molecule has 2 saturated heterocycles. The molecule has 4 aliphatic rings. The van der Waals surface area contributed by atoms with E-state index in [-0.39, 0.29) is 5.41 Å². The zero-order valence-electron chi connectivity index (χ0n) is 12.1. The van der Waals surface area contributed by atoms with E-state index in [1.807, 2.05) is 6.07 Å². The van der Waals surface area contributed by atoms with Gasteiger partial charge in [0.1, 0.15) is 16.8 Å². The lowest BCUT2D eigenvalue weighted by molar-refractivity contribution is 0.0988. The van der Waals surface area contributed by atoms with Gasteiger partial charge < -0.3 is 9.64 Å². The molecule has 21 heavy (non-hydrogen) atoms. The van der Waals surface area contributed by atoms with Crippen LogP contribution in [0.4, 0.5) is 5.82 Å². The van der Waals surface area contributed by atoms with Gasteiger partial charge in [0.2, 0.25) is 0 Å². The first-order valence-electron chi connectivity index (χ1n) is 8.15. The average molecular weight is 306 g/mol. The van der Waals surface area contributed by atoms with Gasteiger partial charge in [-0.1, -0.05) is 11.6 Å². The van der Waals surface area contributed by atoms with Gasteiger partial charge >= 0.3 is 0 Å². The fourth-order valence-electron chi connectivity index (χ4n) is 4.98. The Kier molecular flexibility index (Phi) is 2.61. The quantitative estimate of drug-likeness (QED) is 0.788. The first-order valence-corrected chi connectivity index (χ1v) is 8.53. The summed E-state index contributed by atoms with van der Waals surface area (Å²) in [5, 5.41) is 0.600. The molecule has 5 rings (SSSR count). The maximum absolute atomic E-state index is 6.33.